The number of fused-ring (bicyclic) bond motifs is 2. The van der Waals surface area contributed by atoms with E-state index in [-0.39, 0.29) is 16.7 Å². The molecule has 0 atom stereocenters. The van der Waals surface area contributed by atoms with Gasteiger partial charge in [-0.15, -0.1) is 11.3 Å². The molecular weight excluding hydrogens is 470 g/mol. The third-order valence-corrected chi connectivity index (χ3v) is 7.15. The van der Waals surface area contributed by atoms with Gasteiger partial charge in [-0.3, -0.25) is 14.6 Å². The molecule has 3 heterocycles. The number of pyridine rings is 1. The van der Waals surface area contributed by atoms with Crippen molar-refractivity contribution >= 4 is 56.8 Å². The lowest BCUT2D eigenvalue weighted by Crippen LogP contribution is -2.21. The number of carboxylic acid groups (broad SMARTS) is 1. The molecule has 0 radical (unpaired) electrons. The standard InChI is InChI=1S/C24H17N5O3S2/c1-14-7-6-12-29-20(14)27-21(34-24-26-18-10-4-5-11-19(18)33-24)16(22(29)30)13-25-28-17-9-3-2-8-15(17)23(31)32/h2-13,28H,1H3,(H,31,32)/b25-13-. The van der Waals surface area contributed by atoms with E-state index in [1.54, 1.807) is 30.5 Å². The van der Waals surface area contributed by atoms with Crippen LogP contribution in [0.3, 0.4) is 0 Å². The number of para-hydroxylation sites is 2. The number of hydrogen-bond acceptors (Lipinski definition) is 8. The minimum Gasteiger partial charge on any atom is -0.478 e. The molecule has 10 heteroatoms. The van der Waals surface area contributed by atoms with E-state index in [0.717, 1.165) is 20.1 Å². The third-order valence-electron chi connectivity index (χ3n) is 5.04. The number of hydrazone groups is 1. The number of carbonyl (C=O) groups is 1. The summed E-state index contributed by atoms with van der Waals surface area (Å²) in [5, 5.41) is 14.0. The zero-order valence-electron chi connectivity index (χ0n) is 17.8. The summed E-state index contributed by atoms with van der Waals surface area (Å²) in [7, 11) is 0. The summed E-state index contributed by atoms with van der Waals surface area (Å²) in [6, 6.07) is 17.9. The molecule has 2 aromatic carbocycles. The monoisotopic (exact) mass is 487 g/mol. The van der Waals surface area contributed by atoms with Crippen molar-refractivity contribution in [1.29, 1.82) is 0 Å². The SMILES string of the molecule is Cc1cccn2c(=O)c(/C=N\Nc3ccccc3C(=O)O)c(Sc3nc4ccccc4s3)nc12. The van der Waals surface area contributed by atoms with Crippen molar-refractivity contribution in [2.24, 2.45) is 5.10 Å². The summed E-state index contributed by atoms with van der Waals surface area (Å²) >= 11 is 2.82. The second-order valence-electron chi connectivity index (χ2n) is 7.29. The highest BCUT2D eigenvalue weighted by molar-refractivity contribution is 8.01. The molecule has 5 aromatic rings. The molecule has 0 bridgehead atoms. The first-order valence-corrected chi connectivity index (χ1v) is 11.8. The van der Waals surface area contributed by atoms with Crippen LogP contribution >= 0.6 is 23.1 Å². The van der Waals surface area contributed by atoms with E-state index in [9.17, 15) is 14.7 Å². The lowest BCUT2D eigenvalue weighted by molar-refractivity contribution is 0.0698. The Morgan fingerprint density at radius 3 is 2.74 bits per heavy atom. The van der Waals surface area contributed by atoms with E-state index in [1.165, 1.54) is 39.8 Å². The van der Waals surface area contributed by atoms with Crippen LogP contribution in [0.2, 0.25) is 0 Å². The van der Waals surface area contributed by atoms with Crippen LogP contribution in [0.15, 0.2) is 86.1 Å². The number of hydrogen-bond donors (Lipinski definition) is 2. The van der Waals surface area contributed by atoms with Gasteiger partial charge in [0.2, 0.25) is 0 Å². The maximum atomic E-state index is 13.4. The predicted octanol–water partition coefficient (Wildman–Crippen LogP) is 4.91. The van der Waals surface area contributed by atoms with Gasteiger partial charge in [-0.25, -0.2) is 14.8 Å². The molecule has 0 aliphatic heterocycles. The van der Waals surface area contributed by atoms with Crippen LogP contribution in [-0.4, -0.2) is 31.7 Å². The van der Waals surface area contributed by atoms with Crippen molar-refractivity contribution in [1.82, 2.24) is 14.4 Å². The minimum absolute atomic E-state index is 0.0766. The van der Waals surface area contributed by atoms with Crippen molar-refractivity contribution in [3.63, 3.8) is 0 Å². The molecule has 0 unspecified atom stereocenters. The van der Waals surface area contributed by atoms with E-state index < -0.39 is 5.97 Å². The van der Waals surface area contributed by atoms with E-state index in [2.05, 4.69) is 15.5 Å². The smallest absolute Gasteiger partial charge is 0.337 e. The van der Waals surface area contributed by atoms with Crippen LogP contribution < -0.4 is 11.0 Å². The van der Waals surface area contributed by atoms with E-state index in [4.69, 9.17) is 4.98 Å². The van der Waals surface area contributed by atoms with Gasteiger partial charge in [0.05, 0.1) is 33.2 Å². The number of anilines is 1. The Morgan fingerprint density at radius 2 is 1.91 bits per heavy atom. The van der Waals surface area contributed by atoms with Gasteiger partial charge in [-0.05, 0) is 54.6 Å². The summed E-state index contributed by atoms with van der Waals surface area (Å²) in [5.41, 5.74) is 5.41. The highest BCUT2D eigenvalue weighted by Gasteiger charge is 2.16. The molecular formula is C24H17N5O3S2. The topological polar surface area (TPSA) is 109 Å². The van der Waals surface area contributed by atoms with Crippen molar-refractivity contribution < 1.29 is 9.90 Å². The van der Waals surface area contributed by atoms with Crippen LogP contribution in [0.4, 0.5) is 5.69 Å². The Balaban J connectivity index is 1.58. The molecule has 168 valence electrons. The Kier molecular flexibility index (Phi) is 5.83. The van der Waals surface area contributed by atoms with Gasteiger partial charge < -0.3 is 5.11 Å². The number of nitrogens with zero attached hydrogens (tertiary/aromatic N) is 4. The highest BCUT2D eigenvalue weighted by Crippen LogP contribution is 2.34. The van der Waals surface area contributed by atoms with Crippen molar-refractivity contribution in [3.05, 3.63) is 93.9 Å². The summed E-state index contributed by atoms with van der Waals surface area (Å²) in [4.78, 5) is 34.2. The van der Waals surface area contributed by atoms with Gasteiger partial charge in [0, 0.05) is 6.20 Å². The molecule has 0 saturated carbocycles. The van der Waals surface area contributed by atoms with Crippen LogP contribution in [0.5, 0.6) is 0 Å². The normalized spacial score (nSPS) is 11.4. The molecule has 8 nitrogen and oxygen atoms in total. The van der Waals surface area contributed by atoms with E-state index >= 15 is 0 Å². The van der Waals surface area contributed by atoms with Crippen molar-refractivity contribution in [2.75, 3.05) is 5.43 Å². The fraction of sp³-hybridized carbons (Fsp3) is 0.0417. The molecule has 0 fully saturated rings. The fourth-order valence-electron chi connectivity index (χ4n) is 3.39. The Bertz CT molecular complexity index is 1610. The zero-order valence-corrected chi connectivity index (χ0v) is 19.4. The predicted molar refractivity (Wildman–Crippen MR) is 135 cm³/mol. The molecule has 3 aromatic heterocycles. The number of carboxylic acids is 1. The maximum absolute atomic E-state index is 13.4. The van der Waals surface area contributed by atoms with Crippen LogP contribution in [-0.2, 0) is 0 Å². The first-order valence-electron chi connectivity index (χ1n) is 10.2. The number of benzene rings is 2. The first kappa shape index (κ1) is 21.8. The average molecular weight is 488 g/mol. The fourth-order valence-corrected chi connectivity index (χ4v) is 5.45. The van der Waals surface area contributed by atoms with Gasteiger partial charge in [0.25, 0.3) is 5.56 Å². The number of aromatic nitrogens is 3. The van der Waals surface area contributed by atoms with Gasteiger partial charge in [0.15, 0.2) is 4.34 Å². The van der Waals surface area contributed by atoms with E-state index in [1.807, 2.05) is 37.3 Å². The number of nitrogens with one attached hydrogen (secondary N) is 1. The second kappa shape index (κ2) is 9.08. The molecule has 0 amide bonds. The maximum Gasteiger partial charge on any atom is 0.337 e. The molecule has 0 spiro atoms. The van der Waals surface area contributed by atoms with Crippen molar-refractivity contribution in [2.45, 2.75) is 16.3 Å². The lowest BCUT2D eigenvalue weighted by atomic mass is 10.2. The van der Waals surface area contributed by atoms with Gasteiger partial charge in [0.1, 0.15) is 10.7 Å². The summed E-state index contributed by atoms with van der Waals surface area (Å²) < 4.78 is 3.27. The summed E-state index contributed by atoms with van der Waals surface area (Å²) in [5.74, 6) is -1.08. The highest BCUT2D eigenvalue weighted by atomic mass is 32.2. The third kappa shape index (κ3) is 4.16. The Hall–Kier alpha value is -4.02. The summed E-state index contributed by atoms with van der Waals surface area (Å²) in [6.07, 6.45) is 3.03. The van der Waals surface area contributed by atoms with Gasteiger partial charge in [-0.2, -0.15) is 5.10 Å². The van der Waals surface area contributed by atoms with Gasteiger partial charge >= 0.3 is 5.97 Å². The minimum atomic E-state index is -1.08. The lowest BCUT2D eigenvalue weighted by Gasteiger charge is -2.09. The van der Waals surface area contributed by atoms with Crippen LogP contribution in [0.1, 0.15) is 21.5 Å². The molecule has 2 N–H and O–H groups in total. The largest absolute Gasteiger partial charge is 0.478 e. The van der Waals surface area contributed by atoms with Crippen LogP contribution in [0, 0.1) is 6.92 Å². The Labute approximate surface area is 201 Å². The zero-order chi connectivity index (χ0) is 23.7. The molecule has 34 heavy (non-hydrogen) atoms. The number of rotatable bonds is 6. The first-order chi connectivity index (χ1) is 16.5. The van der Waals surface area contributed by atoms with E-state index in [0.29, 0.717) is 16.4 Å². The molecule has 0 aliphatic rings. The molecule has 0 aliphatic carbocycles. The van der Waals surface area contributed by atoms with Gasteiger partial charge in [-0.1, -0.05) is 30.3 Å². The van der Waals surface area contributed by atoms with Crippen molar-refractivity contribution in [3.8, 4) is 0 Å². The Morgan fingerprint density at radius 1 is 1.12 bits per heavy atom. The number of aryl methyl sites for hydroxylation is 1. The molecule has 5 rings (SSSR count). The summed E-state index contributed by atoms with van der Waals surface area (Å²) in [6.45, 7) is 1.89. The quantitative estimate of drug-likeness (QED) is 0.199. The molecule has 0 saturated heterocycles. The number of thiazole rings is 1. The average Bonchev–Trinajstić information content (AvgIpc) is 3.24. The number of aromatic carboxylic acids is 1. The van der Waals surface area contributed by atoms with Crippen LogP contribution in [0.25, 0.3) is 15.9 Å². The second-order valence-corrected chi connectivity index (χ2v) is 9.56.